The van der Waals surface area contributed by atoms with Crippen molar-refractivity contribution >= 4 is 11.8 Å². The fourth-order valence-corrected chi connectivity index (χ4v) is 2.29. The van der Waals surface area contributed by atoms with E-state index in [-0.39, 0.29) is 24.5 Å². The molecule has 0 aromatic rings. The van der Waals surface area contributed by atoms with Crippen molar-refractivity contribution in [3.63, 3.8) is 0 Å². The average Bonchev–Trinajstić information content (AvgIpc) is 2.47. The second-order valence-electron chi connectivity index (χ2n) is 5.58. The third kappa shape index (κ3) is 6.54. The van der Waals surface area contributed by atoms with Crippen molar-refractivity contribution < 1.29 is 19.4 Å². The zero-order valence-corrected chi connectivity index (χ0v) is 13.1. The summed E-state index contributed by atoms with van der Waals surface area (Å²) in [7, 11) is 1.49. The van der Waals surface area contributed by atoms with Crippen LogP contribution in [0.2, 0.25) is 0 Å². The molecule has 1 saturated heterocycles. The smallest absolute Gasteiger partial charge is 0.246 e. The number of aliphatic hydroxyl groups is 1. The summed E-state index contributed by atoms with van der Waals surface area (Å²) in [5.74, 6) is -0.368. The van der Waals surface area contributed by atoms with E-state index in [9.17, 15) is 14.7 Å². The van der Waals surface area contributed by atoms with Gasteiger partial charge in [0.1, 0.15) is 0 Å². The minimum atomic E-state index is -0.632. The molecule has 1 aliphatic heterocycles. The Hall–Kier alpha value is -0.980. The normalized spacial score (nSPS) is 20.9. The Kier molecular flexibility index (Phi) is 8.49. The van der Waals surface area contributed by atoms with Gasteiger partial charge in [-0.15, -0.1) is 0 Å². The highest BCUT2D eigenvalue weighted by atomic mass is 16.5. The predicted octanol–water partition coefficient (Wildman–Crippen LogP) is 0.681. The maximum Gasteiger partial charge on any atom is 0.246 e. The van der Waals surface area contributed by atoms with Crippen molar-refractivity contribution in [2.75, 3.05) is 26.8 Å². The number of imide groups is 1. The molecule has 0 saturated carbocycles. The fourth-order valence-electron chi connectivity index (χ4n) is 2.29. The highest BCUT2D eigenvalue weighted by molar-refractivity contribution is 6.00. The summed E-state index contributed by atoms with van der Waals surface area (Å²) >= 11 is 0. The largest absolute Gasteiger partial charge is 0.389 e. The summed E-state index contributed by atoms with van der Waals surface area (Å²) in [5.41, 5.74) is 0. The standard InChI is InChI=1S/C15H28N2O4/c1-3-4-5-6-9-21-11-12(18)10-16-13-7-8-14(19)17(2)15(13)20/h12-13,16,18H,3-11H2,1-2H3. The van der Waals surface area contributed by atoms with Gasteiger partial charge in [0.15, 0.2) is 0 Å². The molecule has 1 fully saturated rings. The zero-order valence-electron chi connectivity index (χ0n) is 13.1. The van der Waals surface area contributed by atoms with Crippen LogP contribution in [0.25, 0.3) is 0 Å². The van der Waals surface area contributed by atoms with Gasteiger partial charge in [0.25, 0.3) is 0 Å². The molecule has 1 aliphatic rings. The van der Waals surface area contributed by atoms with Crippen LogP contribution in [0, 0.1) is 0 Å². The quantitative estimate of drug-likeness (QED) is 0.458. The van der Waals surface area contributed by atoms with Crippen molar-refractivity contribution in [3.8, 4) is 0 Å². The van der Waals surface area contributed by atoms with Crippen LogP contribution in [0.15, 0.2) is 0 Å². The van der Waals surface area contributed by atoms with Gasteiger partial charge in [-0.1, -0.05) is 26.2 Å². The monoisotopic (exact) mass is 300 g/mol. The Labute approximate surface area is 126 Å². The fraction of sp³-hybridized carbons (Fsp3) is 0.867. The second-order valence-corrected chi connectivity index (χ2v) is 5.58. The highest BCUT2D eigenvalue weighted by Crippen LogP contribution is 2.11. The number of piperidine rings is 1. The van der Waals surface area contributed by atoms with Crippen molar-refractivity contribution in [1.82, 2.24) is 10.2 Å². The van der Waals surface area contributed by atoms with E-state index >= 15 is 0 Å². The molecule has 6 nitrogen and oxygen atoms in total. The van der Waals surface area contributed by atoms with Gasteiger partial charge >= 0.3 is 0 Å². The highest BCUT2D eigenvalue weighted by Gasteiger charge is 2.31. The summed E-state index contributed by atoms with van der Waals surface area (Å²) in [5, 5.41) is 12.8. The first-order chi connectivity index (χ1) is 10.1. The number of unbranched alkanes of at least 4 members (excludes halogenated alkanes) is 3. The molecule has 0 radical (unpaired) electrons. The minimum absolute atomic E-state index is 0.144. The van der Waals surface area contributed by atoms with Gasteiger partial charge in [-0.05, 0) is 12.8 Å². The Morgan fingerprint density at radius 3 is 2.86 bits per heavy atom. The van der Waals surface area contributed by atoms with E-state index in [4.69, 9.17) is 4.74 Å². The zero-order chi connectivity index (χ0) is 15.7. The Bertz CT molecular complexity index is 336. The van der Waals surface area contributed by atoms with Crippen molar-refractivity contribution in [2.24, 2.45) is 0 Å². The third-order valence-corrected chi connectivity index (χ3v) is 3.70. The maximum atomic E-state index is 11.8. The van der Waals surface area contributed by atoms with Crippen LogP contribution < -0.4 is 5.32 Å². The maximum absolute atomic E-state index is 11.8. The van der Waals surface area contributed by atoms with Crippen LogP contribution in [0.4, 0.5) is 0 Å². The third-order valence-electron chi connectivity index (χ3n) is 3.70. The van der Waals surface area contributed by atoms with Gasteiger partial charge in [0.05, 0.1) is 18.8 Å². The SMILES string of the molecule is CCCCCCOCC(O)CNC1CCC(=O)N(C)C1=O. The van der Waals surface area contributed by atoms with E-state index < -0.39 is 6.10 Å². The number of nitrogens with zero attached hydrogens (tertiary/aromatic N) is 1. The predicted molar refractivity (Wildman–Crippen MR) is 79.8 cm³/mol. The minimum Gasteiger partial charge on any atom is -0.389 e. The summed E-state index contributed by atoms with van der Waals surface area (Å²) in [6.07, 6.45) is 4.80. The van der Waals surface area contributed by atoms with E-state index in [0.717, 1.165) is 17.7 Å². The van der Waals surface area contributed by atoms with Gasteiger partial charge < -0.3 is 15.2 Å². The lowest BCUT2D eigenvalue weighted by Crippen LogP contribution is -2.53. The molecule has 0 bridgehead atoms. The molecule has 2 amide bonds. The van der Waals surface area contributed by atoms with Crippen LogP contribution in [-0.4, -0.2) is 60.8 Å². The number of carbonyl (C=O) groups excluding carboxylic acids is 2. The molecule has 1 heterocycles. The number of ether oxygens (including phenoxy) is 1. The van der Waals surface area contributed by atoms with Crippen LogP contribution >= 0.6 is 0 Å². The van der Waals surface area contributed by atoms with Gasteiger partial charge in [0.2, 0.25) is 11.8 Å². The first-order valence-corrected chi connectivity index (χ1v) is 7.85. The van der Waals surface area contributed by atoms with Gasteiger partial charge in [-0.2, -0.15) is 0 Å². The van der Waals surface area contributed by atoms with Crippen molar-refractivity contribution in [1.29, 1.82) is 0 Å². The Morgan fingerprint density at radius 2 is 2.14 bits per heavy atom. The van der Waals surface area contributed by atoms with Crippen molar-refractivity contribution in [3.05, 3.63) is 0 Å². The number of aliphatic hydroxyl groups excluding tert-OH is 1. The molecule has 0 aromatic heterocycles. The molecule has 2 unspecified atom stereocenters. The lowest BCUT2D eigenvalue weighted by atomic mass is 10.0. The molecule has 21 heavy (non-hydrogen) atoms. The molecule has 2 atom stereocenters. The molecule has 2 N–H and O–H groups in total. The van der Waals surface area contributed by atoms with Crippen LogP contribution in [0.1, 0.15) is 45.4 Å². The number of likely N-dealkylation sites (N-methyl/N-ethyl adjacent to an activating group) is 1. The lowest BCUT2D eigenvalue weighted by molar-refractivity contribution is -0.148. The number of hydrogen-bond donors (Lipinski definition) is 2. The molecule has 122 valence electrons. The molecular weight excluding hydrogens is 272 g/mol. The average molecular weight is 300 g/mol. The van der Waals surface area contributed by atoms with Gasteiger partial charge in [0, 0.05) is 26.6 Å². The number of amides is 2. The van der Waals surface area contributed by atoms with E-state index in [2.05, 4.69) is 12.2 Å². The summed E-state index contributed by atoms with van der Waals surface area (Å²) < 4.78 is 5.41. The molecule has 0 spiro atoms. The van der Waals surface area contributed by atoms with Crippen LogP contribution in [0.5, 0.6) is 0 Å². The Balaban J connectivity index is 2.11. The van der Waals surface area contributed by atoms with E-state index in [0.29, 0.717) is 26.0 Å². The second kappa shape index (κ2) is 9.87. The number of rotatable bonds is 10. The molecule has 0 aliphatic carbocycles. The molecular formula is C15H28N2O4. The number of hydrogen-bond acceptors (Lipinski definition) is 5. The number of likely N-dealkylation sites (tertiary alicyclic amines) is 1. The topological polar surface area (TPSA) is 78.9 Å². The molecule has 6 heteroatoms. The van der Waals surface area contributed by atoms with Gasteiger partial charge in [-0.25, -0.2) is 0 Å². The first kappa shape index (κ1) is 18.1. The van der Waals surface area contributed by atoms with Crippen LogP contribution in [-0.2, 0) is 14.3 Å². The number of carbonyl (C=O) groups is 2. The van der Waals surface area contributed by atoms with E-state index in [1.165, 1.54) is 19.9 Å². The molecule has 1 rings (SSSR count). The van der Waals surface area contributed by atoms with Crippen molar-refractivity contribution in [2.45, 2.75) is 57.6 Å². The number of nitrogens with one attached hydrogen (secondary N) is 1. The summed E-state index contributed by atoms with van der Waals surface area (Å²) in [6, 6.07) is -0.382. The van der Waals surface area contributed by atoms with E-state index in [1.54, 1.807) is 0 Å². The van der Waals surface area contributed by atoms with E-state index in [1.807, 2.05) is 0 Å². The summed E-state index contributed by atoms with van der Waals surface area (Å²) in [4.78, 5) is 24.3. The summed E-state index contributed by atoms with van der Waals surface area (Å²) in [6.45, 7) is 3.40. The van der Waals surface area contributed by atoms with Crippen LogP contribution in [0.3, 0.4) is 0 Å². The lowest BCUT2D eigenvalue weighted by Gasteiger charge is -2.28. The van der Waals surface area contributed by atoms with Gasteiger partial charge in [-0.3, -0.25) is 14.5 Å². The molecule has 0 aromatic carbocycles. The Morgan fingerprint density at radius 1 is 1.38 bits per heavy atom. The first-order valence-electron chi connectivity index (χ1n) is 7.85.